The van der Waals surface area contributed by atoms with Gasteiger partial charge in [-0.15, -0.1) is 0 Å². The van der Waals surface area contributed by atoms with Crippen LogP contribution in [0.2, 0.25) is 0 Å². The molecule has 2 aromatic rings. The van der Waals surface area contributed by atoms with E-state index in [1.54, 1.807) is 0 Å². The van der Waals surface area contributed by atoms with E-state index in [1.165, 1.54) is 31.6 Å². The van der Waals surface area contributed by atoms with Crippen molar-refractivity contribution in [2.45, 2.75) is 39.2 Å². The van der Waals surface area contributed by atoms with E-state index in [9.17, 15) is 0 Å². The molecule has 1 unspecified atom stereocenters. The summed E-state index contributed by atoms with van der Waals surface area (Å²) in [5.74, 6) is 0.765. The average molecular weight is 257 g/mol. The van der Waals surface area contributed by atoms with Crippen molar-refractivity contribution in [3.8, 4) is 0 Å². The van der Waals surface area contributed by atoms with Gasteiger partial charge in [0.15, 0.2) is 0 Å². The van der Waals surface area contributed by atoms with E-state index in [0.29, 0.717) is 6.04 Å². The minimum Gasteiger partial charge on any atom is -0.307 e. The zero-order chi connectivity index (χ0) is 13.2. The van der Waals surface area contributed by atoms with Crippen molar-refractivity contribution in [2.75, 3.05) is 13.1 Å². The molecule has 1 aliphatic heterocycles. The Hall–Kier alpha value is -1.35. The van der Waals surface area contributed by atoms with Crippen LogP contribution in [-0.4, -0.2) is 33.4 Å². The standard InChI is InChI=1S/C16H23N3/c1-13(2)18-9-5-6-14(11-18)10-15-12-19-8-4-3-7-16(19)17-15/h3-4,7-8,12-14H,5-6,9-11H2,1-2H3. The van der Waals surface area contributed by atoms with Gasteiger partial charge in [0.25, 0.3) is 0 Å². The van der Waals surface area contributed by atoms with Crippen LogP contribution in [-0.2, 0) is 6.42 Å². The van der Waals surface area contributed by atoms with Gasteiger partial charge in [-0.05, 0) is 57.7 Å². The molecule has 2 aromatic heterocycles. The lowest BCUT2D eigenvalue weighted by Gasteiger charge is -2.35. The van der Waals surface area contributed by atoms with Crippen LogP contribution in [0.25, 0.3) is 5.65 Å². The molecule has 0 saturated carbocycles. The molecule has 0 aliphatic carbocycles. The first-order valence-electron chi connectivity index (χ1n) is 7.39. The van der Waals surface area contributed by atoms with Crippen molar-refractivity contribution in [2.24, 2.45) is 5.92 Å². The highest BCUT2D eigenvalue weighted by atomic mass is 15.2. The molecule has 0 aromatic carbocycles. The highest BCUT2D eigenvalue weighted by Gasteiger charge is 2.22. The first-order chi connectivity index (χ1) is 9.22. The van der Waals surface area contributed by atoms with E-state index in [2.05, 4.69) is 47.7 Å². The Kier molecular flexibility index (Phi) is 3.56. The molecule has 3 heterocycles. The summed E-state index contributed by atoms with van der Waals surface area (Å²) in [4.78, 5) is 7.32. The number of hydrogen-bond donors (Lipinski definition) is 0. The van der Waals surface area contributed by atoms with Gasteiger partial charge in [-0.25, -0.2) is 4.98 Å². The fraction of sp³-hybridized carbons (Fsp3) is 0.562. The largest absolute Gasteiger partial charge is 0.307 e. The highest BCUT2D eigenvalue weighted by Crippen LogP contribution is 2.22. The monoisotopic (exact) mass is 257 g/mol. The predicted octanol–water partition coefficient (Wildman–Crippen LogP) is 3.00. The zero-order valence-corrected chi connectivity index (χ0v) is 11.9. The molecule has 1 atom stereocenters. The SMILES string of the molecule is CC(C)N1CCCC(Cc2cn3ccccc3n2)C1. The zero-order valence-electron chi connectivity index (χ0n) is 11.9. The molecule has 102 valence electrons. The third-order valence-electron chi connectivity index (χ3n) is 4.19. The first-order valence-corrected chi connectivity index (χ1v) is 7.39. The Morgan fingerprint density at radius 3 is 3.05 bits per heavy atom. The molecule has 3 nitrogen and oxygen atoms in total. The van der Waals surface area contributed by atoms with Crippen LogP contribution < -0.4 is 0 Å². The first kappa shape index (κ1) is 12.7. The molecular weight excluding hydrogens is 234 g/mol. The number of fused-ring (bicyclic) bond motifs is 1. The summed E-state index contributed by atoms with van der Waals surface area (Å²) in [6, 6.07) is 6.85. The number of piperidine rings is 1. The van der Waals surface area contributed by atoms with Gasteiger partial charge in [-0.3, -0.25) is 0 Å². The van der Waals surface area contributed by atoms with E-state index in [4.69, 9.17) is 4.98 Å². The van der Waals surface area contributed by atoms with Crippen LogP contribution in [0.1, 0.15) is 32.4 Å². The number of nitrogens with zero attached hydrogens (tertiary/aromatic N) is 3. The van der Waals surface area contributed by atoms with Gasteiger partial charge in [-0.1, -0.05) is 6.07 Å². The maximum Gasteiger partial charge on any atom is 0.136 e. The van der Waals surface area contributed by atoms with E-state index in [-0.39, 0.29) is 0 Å². The van der Waals surface area contributed by atoms with Crippen LogP contribution in [0.4, 0.5) is 0 Å². The van der Waals surface area contributed by atoms with Gasteiger partial charge in [0.2, 0.25) is 0 Å². The lowest BCUT2D eigenvalue weighted by molar-refractivity contribution is 0.139. The Morgan fingerprint density at radius 2 is 2.26 bits per heavy atom. The van der Waals surface area contributed by atoms with Crippen molar-refractivity contribution in [1.82, 2.24) is 14.3 Å². The molecule has 1 fully saturated rings. The minimum atomic E-state index is 0.670. The number of pyridine rings is 1. The summed E-state index contributed by atoms with van der Waals surface area (Å²) < 4.78 is 2.12. The van der Waals surface area contributed by atoms with Gasteiger partial charge in [-0.2, -0.15) is 0 Å². The van der Waals surface area contributed by atoms with Gasteiger partial charge in [0, 0.05) is 25.0 Å². The van der Waals surface area contributed by atoms with Crippen LogP contribution in [0.3, 0.4) is 0 Å². The number of hydrogen-bond acceptors (Lipinski definition) is 2. The van der Waals surface area contributed by atoms with Gasteiger partial charge < -0.3 is 9.30 Å². The normalized spacial score (nSPS) is 21.3. The molecule has 1 saturated heterocycles. The highest BCUT2D eigenvalue weighted by molar-refractivity contribution is 5.39. The van der Waals surface area contributed by atoms with E-state index in [1.807, 2.05) is 6.07 Å². The molecule has 0 spiro atoms. The third-order valence-corrected chi connectivity index (χ3v) is 4.19. The summed E-state index contributed by atoms with van der Waals surface area (Å²) >= 11 is 0. The molecule has 3 heteroatoms. The van der Waals surface area contributed by atoms with Gasteiger partial charge >= 0.3 is 0 Å². The minimum absolute atomic E-state index is 0.670. The number of likely N-dealkylation sites (tertiary alicyclic amines) is 1. The fourth-order valence-corrected chi connectivity index (χ4v) is 3.11. The quantitative estimate of drug-likeness (QED) is 0.842. The van der Waals surface area contributed by atoms with Gasteiger partial charge in [0.1, 0.15) is 5.65 Å². The predicted molar refractivity (Wildman–Crippen MR) is 78.3 cm³/mol. The van der Waals surface area contributed by atoms with Crippen molar-refractivity contribution < 1.29 is 0 Å². The van der Waals surface area contributed by atoms with Crippen LogP contribution in [0, 0.1) is 5.92 Å². The van der Waals surface area contributed by atoms with Crippen molar-refractivity contribution >= 4 is 5.65 Å². The number of aromatic nitrogens is 2. The summed E-state index contributed by atoms with van der Waals surface area (Å²) in [5, 5.41) is 0. The summed E-state index contributed by atoms with van der Waals surface area (Å²) in [6.07, 6.45) is 8.05. The second-order valence-electron chi connectivity index (χ2n) is 6.00. The number of imidazole rings is 1. The lowest BCUT2D eigenvalue weighted by Crippen LogP contribution is -2.40. The average Bonchev–Trinajstić information content (AvgIpc) is 2.81. The Bertz CT molecular complexity index is 511. The van der Waals surface area contributed by atoms with Crippen LogP contribution in [0.15, 0.2) is 30.6 Å². The second kappa shape index (κ2) is 5.33. The van der Waals surface area contributed by atoms with E-state index >= 15 is 0 Å². The van der Waals surface area contributed by atoms with Crippen molar-refractivity contribution in [3.05, 3.63) is 36.3 Å². The molecule has 3 rings (SSSR count). The van der Waals surface area contributed by atoms with Crippen LogP contribution in [0.5, 0.6) is 0 Å². The van der Waals surface area contributed by atoms with Gasteiger partial charge in [0.05, 0.1) is 5.69 Å². The van der Waals surface area contributed by atoms with Crippen molar-refractivity contribution in [1.29, 1.82) is 0 Å². The summed E-state index contributed by atoms with van der Waals surface area (Å²) in [5.41, 5.74) is 2.30. The molecular formula is C16H23N3. The molecule has 1 aliphatic rings. The number of rotatable bonds is 3. The topological polar surface area (TPSA) is 20.5 Å². The maximum atomic E-state index is 4.72. The Morgan fingerprint density at radius 1 is 1.37 bits per heavy atom. The van der Waals surface area contributed by atoms with Crippen LogP contribution >= 0.6 is 0 Å². The Balaban J connectivity index is 1.70. The Labute approximate surface area is 115 Å². The molecule has 0 N–H and O–H groups in total. The smallest absolute Gasteiger partial charge is 0.136 e. The molecule has 0 radical (unpaired) electrons. The second-order valence-corrected chi connectivity index (χ2v) is 6.00. The summed E-state index contributed by atoms with van der Waals surface area (Å²) in [7, 11) is 0. The molecule has 0 amide bonds. The fourth-order valence-electron chi connectivity index (χ4n) is 3.11. The summed E-state index contributed by atoms with van der Waals surface area (Å²) in [6.45, 7) is 7.09. The molecule has 0 bridgehead atoms. The maximum absolute atomic E-state index is 4.72. The third kappa shape index (κ3) is 2.81. The lowest BCUT2D eigenvalue weighted by atomic mass is 9.93. The van der Waals surface area contributed by atoms with E-state index < -0.39 is 0 Å². The van der Waals surface area contributed by atoms with E-state index in [0.717, 1.165) is 18.0 Å². The van der Waals surface area contributed by atoms with Crippen molar-refractivity contribution in [3.63, 3.8) is 0 Å². The molecule has 19 heavy (non-hydrogen) atoms.